The molecule has 0 aliphatic heterocycles. The Kier molecular flexibility index (Phi) is 5.64. The quantitative estimate of drug-likeness (QED) is 0.848. The maximum absolute atomic E-state index is 13.9. The second kappa shape index (κ2) is 7.08. The zero-order valence-corrected chi connectivity index (χ0v) is 13.7. The van der Waals surface area contributed by atoms with Crippen LogP contribution >= 0.6 is 11.6 Å². The fraction of sp³-hybridized carbons (Fsp3) is 0.647. The molecule has 0 saturated heterocycles. The maximum atomic E-state index is 13.9. The molecule has 1 atom stereocenters. The van der Waals surface area contributed by atoms with Crippen LogP contribution in [0, 0.1) is 5.82 Å². The highest BCUT2D eigenvalue weighted by Gasteiger charge is 2.40. The van der Waals surface area contributed by atoms with Crippen LogP contribution in [0.5, 0.6) is 0 Å². The van der Waals surface area contributed by atoms with E-state index < -0.39 is 6.10 Å². The summed E-state index contributed by atoms with van der Waals surface area (Å²) in [6.45, 7) is 0. The molecule has 1 aliphatic rings. The highest BCUT2D eigenvalue weighted by Crippen LogP contribution is 2.35. The summed E-state index contributed by atoms with van der Waals surface area (Å²) >= 11 is 5.95. The molecule has 1 aromatic rings. The van der Waals surface area contributed by atoms with Crippen LogP contribution in [0.15, 0.2) is 18.2 Å². The fourth-order valence-electron chi connectivity index (χ4n) is 3.52. The van der Waals surface area contributed by atoms with Gasteiger partial charge in [0.2, 0.25) is 0 Å². The van der Waals surface area contributed by atoms with Gasteiger partial charge in [0.25, 0.3) is 0 Å². The fourth-order valence-corrected chi connectivity index (χ4v) is 3.71. The van der Waals surface area contributed by atoms with Crippen LogP contribution in [0.1, 0.15) is 44.1 Å². The largest absolute Gasteiger partial charge is 0.391 e. The number of aliphatic hydroxyl groups is 1. The molecule has 0 bridgehead atoms. The second-order valence-corrected chi connectivity index (χ2v) is 6.80. The van der Waals surface area contributed by atoms with E-state index in [1.807, 2.05) is 14.1 Å². The Morgan fingerprint density at radius 1 is 1.24 bits per heavy atom. The number of halogens is 2. The molecule has 1 saturated carbocycles. The Morgan fingerprint density at radius 3 is 2.43 bits per heavy atom. The van der Waals surface area contributed by atoms with Crippen molar-refractivity contribution < 1.29 is 9.50 Å². The minimum atomic E-state index is -0.585. The SMILES string of the molecule is CN(C)C1(C(O)Cc2cc(Cl)ccc2F)CCCCCC1. The third kappa shape index (κ3) is 3.77. The first-order chi connectivity index (χ1) is 9.95. The molecule has 118 valence electrons. The van der Waals surface area contributed by atoms with Crippen LogP contribution in [0.25, 0.3) is 0 Å². The number of rotatable bonds is 4. The van der Waals surface area contributed by atoms with Crippen molar-refractivity contribution in [3.05, 3.63) is 34.6 Å². The number of hydrogen-bond acceptors (Lipinski definition) is 2. The molecule has 0 radical (unpaired) electrons. The van der Waals surface area contributed by atoms with Crippen molar-refractivity contribution in [2.24, 2.45) is 0 Å². The summed E-state index contributed by atoms with van der Waals surface area (Å²) in [5.41, 5.74) is 0.242. The number of benzene rings is 1. The minimum Gasteiger partial charge on any atom is -0.391 e. The molecular weight excluding hydrogens is 289 g/mol. The lowest BCUT2D eigenvalue weighted by Crippen LogP contribution is -2.54. The standard InChI is InChI=1S/C17H25ClFNO/c1-20(2)17(9-5-3-4-6-10-17)16(21)12-13-11-14(18)7-8-15(13)19/h7-8,11,16,21H,3-6,9-10,12H2,1-2H3. The molecule has 2 rings (SSSR count). The van der Waals surface area contributed by atoms with E-state index in [1.165, 1.54) is 18.9 Å². The van der Waals surface area contributed by atoms with Crippen LogP contribution in [-0.4, -0.2) is 35.7 Å². The molecule has 0 spiro atoms. The van der Waals surface area contributed by atoms with Crippen molar-refractivity contribution in [2.75, 3.05) is 14.1 Å². The monoisotopic (exact) mass is 313 g/mol. The smallest absolute Gasteiger partial charge is 0.126 e. The molecule has 1 N–H and O–H groups in total. The van der Waals surface area contributed by atoms with E-state index in [9.17, 15) is 9.50 Å². The van der Waals surface area contributed by atoms with Crippen molar-refractivity contribution in [3.63, 3.8) is 0 Å². The molecule has 1 fully saturated rings. The van der Waals surface area contributed by atoms with Gasteiger partial charge in [-0.1, -0.05) is 37.3 Å². The van der Waals surface area contributed by atoms with Crippen LogP contribution in [0.4, 0.5) is 4.39 Å². The number of likely N-dealkylation sites (N-methyl/N-ethyl adjacent to an activating group) is 1. The molecule has 2 nitrogen and oxygen atoms in total. The molecule has 1 aliphatic carbocycles. The Morgan fingerprint density at radius 2 is 1.86 bits per heavy atom. The summed E-state index contributed by atoms with van der Waals surface area (Å²) in [6, 6.07) is 4.54. The Hall–Kier alpha value is -0.640. The summed E-state index contributed by atoms with van der Waals surface area (Å²) in [5, 5.41) is 11.3. The number of aliphatic hydroxyl groups excluding tert-OH is 1. The van der Waals surface area contributed by atoms with Gasteiger partial charge in [-0.05, 0) is 50.7 Å². The number of nitrogens with zero attached hydrogens (tertiary/aromatic N) is 1. The Bertz CT molecular complexity index is 470. The van der Waals surface area contributed by atoms with Gasteiger partial charge < -0.3 is 10.0 Å². The molecule has 21 heavy (non-hydrogen) atoms. The third-order valence-corrected chi connectivity index (χ3v) is 5.14. The van der Waals surface area contributed by atoms with Crippen LogP contribution in [0.2, 0.25) is 5.02 Å². The zero-order chi connectivity index (χ0) is 15.5. The molecule has 1 aromatic carbocycles. The Labute approximate surface area is 131 Å². The summed E-state index contributed by atoms with van der Waals surface area (Å²) in [6.07, 6.45) is 6.32. The van der Waals surface area contributed by atoms with Crippen molar-refractivity contribution >= 4 is 11.6 Å². The van der Waals surface area contributed by atoms with E-state index in [0.29, 0.717) is 17.0 Å². The first kappa shape index (κ1) is 16.7. The molecule has 1 unspecified atom stereocenters. The van der Waals surface area contributed by atoms with E-state index in [-0.39, 0.29) is 11.4 Å². The van der Waals surface area contributed by atoms with Gasteiger partial charge >= 0.3 is 0 Å². The van der Waals surface area contributed by atoms with Crippen molar-refractivity contribution in [2.45, 2.75) is 56.6 Å². The summed E-state index contributed by atoms with van der Waals surface area (Å²) in [7, 11) is 4.03. The summed E-state index contributed by atoms with van der Waals surface area (Å²) < 4.78 is 13.9. The van der Waals surface area contributed by atoms with Gasteiger partial charge in [0, 0.05) is 17.0 Å². The first-order valence-corrected chi connectivity index (χ1v) is 8.13. The van der Waals surface area contributed by atoms with Crippen molar-refractivity contribution in [1.29, 1.82) is 0 Å². The van der Waals surface area contributed by atoms with Crippen molar-refractivity contribution in [1.82, 2.24) is 4.90 Å². The van der Waals surface area contributed by atoms with Gasteiger partial charge in [0.05, 0.1) is 6.10 Å². The topological polar surface area (TPSA) is 23.5 Å². The lowest BCUT2D eigenvalue weighted by molar-refractivity contribution is -0.0178. The van der Waals surface area contributed by atoms with Gasteiger partial charge in [0.15, 0.2) is 0 Å². The van der Waals surface area contributed by atoms with Crippen LogP contribution in [-0.2, 0) is 6.42 Å². The normalized spacial score (nSPS) is 20.3. The lowest BCUT2D eigenvalue weighted by atomic mass is 9.80. The maximum Gasteiger partial charge on any atom is 0.126 e. The van der Waals surface area contributed by atoms with E-state index in [2.05, 4.69) is 4.90 Å². The number of hydrogen-bond donors (Lipinski definition) is 1. The highest BCUT2D eigenvalue weighted by molar-refractivity contribution is 6.30. The third-order valence-electron chi connectivity index (χ3n) is 4.90. The molecule has 0 aromatic heterocycles. The van der Waals surface area contributed by atoms with Gasteiger partial charge in [-0.3, -0.25) is 0 Å². The molecule has 0 heterocycles. The van der Waals surface area contributed by atoms with E-state index in [4.69, 9.17) is 11.6 Å². The van der Waals surface area contributed by atoms with Gasteiger partial charge in [-0.15, -0.1) is 0 Å². The summed E-state index contributed by atoms with van der Waals surface area (Å²) in [4.78, 5) is 2.13. The van der Waals surface area contributed by atoms with Crippen LogP contribution in [0.3, 0.4) is 0 Å². The van der Waals surface area contributed by atoms with Crippen LogP contribution < -0.4 is 0 Å². The van der Waals surface area contributed by atoms with E-state index >= 15 is 0 Å². The molecule has 4 heteroatoms. The average Bonchev–Trinajstić information content (AvgIpc) is 2.69. The highest BCUT2D eigenvalue weighted by atomic mass is 35.5. The van der Waals surface area contributed by atoms with Gasteiger partial charge in [-0.25, -0.2) is 4.39 Å². The summed E-state index contributed by atoms with van der Waals surface area (Å²) in [5.74, 6) is -0.291. The van der Waals surface area contributed by atoms with Gasteiger partial charge in [-0.2, -0.15) is 0 Å². The first-order valence-electron chi connectivity index (χ1n) is 7.75. The van der Waals surface area contributed by atoms with Gasteiger partial charge in [0.1, 0.15) is 5.82 Å². The molecular formula is C17H25ClFNO. The predicted octanol–water partition coefficient (Wildman–Crippen LogP) is 4.04. The van der Waals surface area contributed by atoms with E-state index in [1.54, 1.807) is 12.1 Å². The van der Waals surface area contributed by atoms with E-state index in [0.717, 1.165) is 25.7 Å². The average molecular weight is 314 g/mol. The minimum absolute atomic E-state index is 0.259. The Balaban J connectivity index is 2.22. The lowest BCUT2D eigenvalue weighted by Gasteiger charge is -2.43. The zero-order valence-electron chi connectivity index (χ0n) is 12.9. The second-order valence-electron chi connectivity index (χ2n) is 6.37. The van der Waals surface area contributed by atoms with Crippen molar-refractivity contribution in [3.8, 4) is 0 Å². The predicted molar refractivity (Wildman–Crippen MR) is 85.2 cm³/mol. The molecule has 0 amide bonds.